The number of piperidine rings is 1. The summed E-state index contributed by atoms with van der Waals surface area (Å²) in [5.74, 6) is 0.909. The Bertz CT molecular complexity index is 415. The van der Waals surface area contributed by atoms with Gasteiger partial charge in [-0.3, -0.25) is 4.90 Å². The van der Waals surface area contributed by atoms with Crippen LogP contribution in [0.15, 0.2) is 24.3 Å². The number of halogens is 1. The maximum absolute atomic E-state index is 3.47. The van der Waals surface area contributed by atoms with Gasteiger partial charge < -0.3 is 5.32 Å². The molecular formula is C17H27ClN2. The smallest absolute Gasteiger partial charge is 0.0348 e. The van der Waals surface area contributed by atoms with E-state index in [1.807, 2.05) is 0 Å². The second-order valence-corrected chi connectivity index (χ2v) is 6.26. The minimum Gasteiger partial charge on any atom is -0.317 e. The summed E-state index contributed by atoms with van der Waals surface area (Å²) in [5.41, 5.74) is 2.93. The van der Waals surface area contributed by atoms with Crippen molar-refractivity contribution in [2.75, 3.05) is 26.2 Å². The van der Waals surface area contributed by atoms with E-state index in [2.05, 4.69) is 41.4 Å². The highest BCUT2D eigenvalue weighted by atomic mass is 35.5. The van der Waals surface area contributed by atoms with Crippen molar-refractivity contribution in [3.8, 4) is 0 Å². The minimum absolute atomic E-state index is 0. The van der Waals surface area contributed by atoms with Crippen LogP contribution < -0.4 is 5.32 Å². The van der Waals surface area contributed by atoms with E-state index in [0.717, 1.165) is 5.92 Å². The summed E-state index contributed by atoms with van der Waals surface area (Å²) in [5, 5.41) is 3.47. The van der Waals surface area contributed by atoms with Crippen molar-refractivity contribution in [2.24, 2.45) is 5.92 Å². The summed E-state index contributed by atoms with van der Waals surface area (Å²) < 4.78 is 0. The molecule has 0 bridgehead atoms. The zero-order chi connectivity index (χ0) is 13.1. The van der Waals surface area contributed by atoms with Crippen molar-refractivity contribution in [1.82, 2.24) is 10.2 Å². The zero-order valence-corrected chi connectivity index (χ0v) is 13.3. The number of nitrogens with zero attached hydrogens (tertiary/aromatic N) is 1. The third kappa shape index (κ3) is 3.75. The fraction of sp³-hybridized carbons (Fsp3) is 0.647. The second-order valence-electron chi connectivity index (χ2n) is 6.26. The van der Waals surface area contributed by atoms with Gasteiger partial charge in [-0.1, -0.05) is 29.8 Å². The lowest BCUT2D eigenvalue weighted by atomic mass is 9.96. The van der Waals surface area contributed by atoms with Gasteiger partial charge in [-0.2, -0.15) is 0 Å². The Kier molecular flexibility index (Phi) is 5.88. The fourth-order valence-electron chi connectivity index (χ4n) is 3.70. The van der Waals surface area contributed by atoms with Crippen LogP contribution in [0.5, 0.6) is 0 Å². The van der Waals surface area contributed by atoms with Crippen molar-refractivity contribution in [2.45, 2.75) is 38.6 Å². The SMILES string of the molecule is Cc1cccc(C2CCCN2CC2CCNCC2)c1.Cl. The molecule has 2 nitrogen and oxygen atoms in total. The molecule has 20 heavy (non-hydrogen) atoms. The Morgan fingerprint density at radius 3 is 2.75 bits per heavy atom. The van der Waals surface area contributed by atoms with Crippen LogP contribution >= 0.6 is 12.4 Å². The molecule has 2 fully saturated rings. The molecule has 0 aromatic heterocycles. The van der Waals surface area contributed by atoms with Crippen LogP contribution in [-0.2, 0) is 0 Å². The molecule has 1 aromatic rings. The van der Waals surface area contributed by atoms with Gasteiger partial charge in [0.2, 0.25) is 0 Å². The Morgan fingerprint density at radius 2 is 2.00 bits per heavy atom. The number of rotatable bonds is 3. The van der Waals surface area contributed by atoms with E-state index in [9.17, 15) is 0 Å². The third-order valence-electron chi connectivity index (χ3n) is 4.74. The van der Waals surface area contributed by atoms with Gasteiger partial charge in [0.05, 0.1) is 0 Å². The maximum Gasteiger partial charge on any atom is 0.0348 e. The van der Waals surface area contributed by atoms with Gasteiger partial charge in [0.1, 0.15) is 0 Å². The highest BCUT2D eigenvalue weighted by Crippen LogP contribution is 2.33. The van der Waals surface area contributed by atoms with E-state index in [4.69, 9.17) is 0 Å². The van der Waals surface area contributed by atoms with Crippen molar-refractivity contribution < 1.29 is 0 Å². The molecule has 1 unspecified atom stereocenters. The van der Waals surface area contributed by atoms with Crippen LogP contribution in [0.1, 0.15) is 42.9 Å². The third-order valence-corrected chi connectivity index (χ3v) is 4.74. The highest BCUT2D eigenvalue weighted by Gasteiger charge is 2.28. The first kappa shape index (κ1) is 15.8. The number of aryl methyl sites for hydroxylation is 1. The molecule has 3 rings (SSSR count). The Labute approximate surface area is 129 Å². The van der Waals surface area contributed by atoms with Crippen LogP contribution in [0.25, 0.3) is 0 Å². The van der Waals surface area contributed by atoms with Crippen LogP contribution in [0.4, 0.5) is 0 Å². The van der Waals surface area contributed by atoms with Crippen molar-refractivity contribution in [3.63, 3.8) is 0 Å². The lowest BCUT2D eigenvalue weighted by Crippen LogP contribution is -2.36. The van der Waals surface area contributed by atoms with Gasteiger partial charge >= 0.3 is 0 Å². The predicted molar refractivity (Wildman–Crippen MR) is 87.6 cm³/mol. The molecule has 3 heteroatoms. The zero-order valence-electron chi connectivity index (χ0n) is 12.5. The molecule has 1 atom stereocenters. The molecule has 0 spiro atoms. The van der Waals surface area contributed by atoms with Gasteiger partial charge in [-0.25, -0.2) is 0 Å². The number of nitrogens with one attached hydrogen (secondary N) is 1. The summed E-state index contributed by atoms with van der Waals surface area (Å²) in [6.07, 6.45) is 5.42. The first-order chi connectivity index (χ1) is 9.33. The van der Waals surface area contributed by atoms with Crippen LogP contribution in [0, 0.1) is 12.8 Å². The number of benzene rings is 1. The molecule has 0 aliphatic carbocycles. The summed E-state index contributed by atoms with van der Waals surface area (Å²) in [6.45, 7) is 7.24. The molecule has 2 aliphatic rings. The Morgan fingerprint density at radius 1 is 1.20 bits per heavy atom. The van der Waals surface area contributed by atoms with E-state index in [1.54, 1.807) is 0 Å². The van der Waals surface area contributed by atoms with Crippen molar-refractivity contribution in [3.05, 3.63) is 35.4 Å². The molecule has 0 radical (unpaired) electrons. The second kappa shape index (κ2) is 7.44. The summed E-state index contributed by atoms with van der Waals surface area (Å²) in [6, 6.07) is 9.79. The van der Waals surface area contributed by atoms with Crippen molar-refractivity contribution >= 4 is 12.4 Å². The van der Waals surface area contributed by atoms with Crippen LogP contribution in [0.3, 0.4) is 0 Å². The molecular weight excluding hydrogens is 268 g/mol. The molecule has 0 amide bonds. The standard InChI is InChI=1S/C17H26N2.ClH/c1-14-4-2-5-16(12-14)17-6-3-11-19(17)13-15-7-9-18-10-8-15;/h2,4-5,12,15,17-18H,3,6-11,13H2,1H3;1H. The molecule has 2 aliphatic heterocycles. The molecule has 0 saturated carbocycles. The van der Waals surface area contributed by atoms with Crippen molar-refractivity contribution in [1.29, 1.82) is 0 Å². The topological polar surface area (TPSA) is 15.3 Å². The number of hydrogen-bond acceptors (Lipinski definition) is 2. The van der Waals surface area contributed by atoms with Crippen LogP contribution in [-0.4, -0.2) is 31.1 Å². The average molecular weight is 295 g/mol. The Balaban J connectivity index is 0.00000147. The minimum atomic E-state index is 0. The van der Waals surface area contributed by atoms with Gasteiger partial charge in [0.15, 0.2) is 0 Å². The molecule has 2 saturated heterocycles. The lowest BCUT2D eigenvalue weighted by molar-refractivity contribution is 0.193. The summed E-state index contributed by atoms with van der Waals surface area (Å²) >= 11 is 0. The van der Waals surface area contributed by atoms with E-state index < -0.39 is 0 Å². The van der Waals surface area contributed by atoms with E-state index >= 15 is 0 Å². The molecule has 2 heterocycles. The first-order valence-corrected chi connectivity index (χ1v) is 7.84. The summed E-state index contributed by atoms with van der Waals surface area (Å²) in [7, 11) is 0. The molecule has 1 N–H and O–H groups in total. The van der Waals surface area contributed by atoms with Gasteiger partial charge in [-0.15, -0.1) is 12.4 Å². The quantitative estimate of drug-likeness (QED) is 0.917. The van der Waals surface area contributed by atoms with E-state index in [-0.39, 0.29) is 12.4 Å². The molecule has 1 aromatic carbocycles. The van der Waals surface area contributed by atoms with E-state index in [0.29, 0.717) is 6.04 Å². The van der Waals surface area contributed by atoms with Gasteiger partial charge in [-0.05, 0) is 63.7 Å². The normalized spacial score (nSPS) is 24.6. The van der Waals surface area contributed by atoms with Crippen LogP contribution in [0.2, 0.25) is 0 Å². The van der Waals surface area contributed by atoms with Gasteiger partial charge in [0, 0.05) is 12.6 Å². The first-order valence-electron chi connectivity index (χ1n) is 7.84. The number of hydrogen-bond donors (Lipinski definition) is 1. The highest BCUT2D eigenvalue weighted by molar-refractivity contribution is 5.85. The molecule has 112 valence electrons. The fourth-order valence-corrected chi connectivity index (χ4v) is 3.70. The van der Waals surface area contributed by atoms with Gasteiger partial charge in [0.25, 0.3) is 0 Å². The monoisotopic (exact) mass is 294 g/mol. The average Bonchev–Trinajstić information content (AvgIpc) is 2.88. The largest absolute Gasteiger partial charge is 0.317 e. The predicted octanol–water partition coefficient (Wildman–Crippen LogP) is 3.55. The Hall–Kier alpha value is -0.570. The summed E-state index contributed by atoms with van der Waals surface area (Å²) in [4.78, 5) is 2.74. The maximum atomic E-state index is 3.47. The lowest BCUT2D eigenvalue weighted by Gasteiger charge is -2.31. The van der Waals surface area contributed by atoms with E-state index in [1.165, 1.54) is 63.0 Å². The number of likely N-dealkylation sites (tertiary alicyclic amines) is 1.